The van der Waals surface area contributed by atoms with E-state index >= 15 is 0 Å². The summed E-state index contributed by atoms with van der Waals surface area (Å²) in [6.07, 6.45) is 4.69. The van der Waals surface area contributed by atoms with Crippen molar-refractivity contribution in [1.29, 1.82) is 0 Å². The molecule has 1 heterocycles. The van der Waals surface area contributed by atoms with Gasteiger partial charge in [-0.25, -0.2) is 0 Å². The molecule has 0 atom stereocenters. The molecule has 1 aromatic heterocycles. The van der Waals surface area contributed by atoms with Crippen molar-refractivity contribution in [2.45, 2.75) is 31.7 Å². The van der Waals surface area contributed by atoms with Crippen LogP contribution in [0.25, 0.3) is 0 Å². The number of carbonyl (C=O) groups is 1. The maximum Gasteiger partial charge on any atom is 0.255 e. The number of hydrogen-bond donors (Lipinski definition) is 1. The zero-order valence-electron chi connectivity index (χ0n) is 9.59. The van der Waals surface area contributed by atoms with Crippen molar-refractivity contribution in [1.82, 2.24) is 15.1 Å². The Bertz CT molecular complexity index is 404. The molecule has 4 nitrogen and oxygen atoms in total. The highest BCUT2D eigenvalue weighted by molar-refractivity contribution is 6.19. The van der Waals surface area contributed by atoms with Crippen LogP contribution in [0.1, 0.15) is 35.3 Å². The molecule has 0 radical (unpaired) electrons. The lowest BCUT2D eigenvalue weighted by Crippen LogP contribution is -2.55. The number of rotatable bonds is 3. The highest BCUT2D eigenvalue weighted by atomic mass is 35.5. The Morgan fingerprint density at radius 2 is 2.38 bits per heavy atom. The Hall–Kier alpha value is -1.03. The normalized spacial score (nSPS) is 17.9. The molecule has 1 amide bonds. The summed E-state index contributed by atoms with van der Waals surface area (Å²) in [7, 11) is 1.83. The zero-order chi connectivity index (χ0) is 11.8. The molecule has 0 unspecified atom stereocenters. The Morgan fingerprint density at radius 3 is 2.75 bits per heavy atom. The molecule has 1 aromatic rings. The first-order chi connectivity index (χ1) is 7.58. The number of nitrogens with one attached hydrogen (secondary N) is 1. The summed E-state index contributed by atoms with van der Waals surface area (Å²) in [5.74, 6) is 0.420. The van der Waals surface area contributed by atoms with E-state index in [1.165, 1.54) is 0 Å². The van der Waals surface area contributed by atoms with Crippen LogP contribution in [0.5, 0.6) is 0 Å². The molecule has 0 aliphatic heterocycles. The van der Waals surface area contributed by atoms with Gasteiger partial charge in [0.15, 0.2) is 0 Å². The lowest BCUT2D eigenvalue weighted by Gasteiger charge is -2.40. The SMILES string of the molecule is Cc1c(C(=O)NC2(CCl)CCC2)cnn1C. The molecule has 1 aliphatic carbocycles. The fraction of sp³-hybridized carbons (Fsp3) is 0.636. The molecule has 0 bridgehead atoms. The van der Waals surface area contributed by atoms with E-state index in [0.29, 0.717) is 11.4 Å². The van der Waals surface area contributed by atoms with Gasteiger partial charge in [-0.15, -0.1) is 11.6 Å². The third-order valence-corrected chi connectivity index (χ3v) is 3.94. The number of amides is 1. The number of aryl methyl sites for hydroxylation is 1. The maximum atomic E-state index is 12.0. The summed E-state index contributed by atoms with van der Waals surface area (Å²) < 4.78 is 1.70. The van der Waals surface area contributed by atoms with E-state index in [0.717, 1.165) is 25.0 Å². The summed E-state index contributed by atoms with van der Waals surface area (Å²) in [5.41, 5.74) is 1.33. The van der Waals surface area contributed by atoms with Crippen LogP contribution in [0.2, 0.25) is 0 Å². The van der Waals surface area contributed by atoms with E-state index in [1.807, 2.05) is 14.0 Å². The van der Waals surface area contributed by atoms with Gasteiger partial charge < -0.3 is 5.32 Å². The second-order valence-electron chi connectivity index (χ2n) is 4.49. The quantitative estimate of drug-likeness (QED) is 0.818. The fourth-order valence-electron chi connectivity index (χ4n) is 1.93. The van der Waals surface area contributed by atoms with E-state index in [2.05, 4.69) is 10.4 Å². The number of carbonyl (C=O) groups excluding carboxylic acids is 1. The van der Waals surface area contributed by atoms with Crippen LogP contribution in [-0.2, 0) is 7.05 Å². The third kappa shape index (κ3) is 1.82. The van der Waals surface area contributed by atoms with Crippen molar-refractivity contribution in [3.63, 3.8) is 0 Å². The van der Waals surface area contributed by atoms with Gasteiger partial charge in [-0.3, -0.25) is 9.48 Å². The molecule has 2 rings (SSSR count). The summed E-state index contributed by atoms with van der Waals surface area (Å²) >= 11 is 5.90. The Kier molecular flexibility index (Phi) is 2.93. The molecular formula is C11H16ClN3O. The Morgan fingerprint density at radius 1 is 1.69 bits per heavy atom. The van der Waals surface area contributed by atoms with Gasteiger partial charge in [-0.2, -0.15) is 5.10 Å². The summed E-state index contributed by atoms with van der Waals surface area (Å²) in [6, 6.07) is 0. The number of nitrogens with zero attached hydrogens (tertiary/aromatic N) is 2. The van der Waals surface area contributed by atoms with Crippen LogP contribution in [0.15, 0.2) is 6.20 Å². The van der Waals surface area contributed by atoms with E-state index in [4.69, 9.17) is 11.6 Å². The van der Waals surface area contributed by atoms with Gasteiger partial charge in [0.2, 0.25) is 0 Å². The van der Waals surface area contributed by atoms with Crippen molar-refractivity contribution < 1.29 is 4.79 Å². The minimum absolute atomic E-state index is 0.0639. The number of hydrogen-bond acceptors (Lipinski definition) is 2. The summed E-state index contributed by atoms with van der Waals surface area (Å²) in [6.45, 7) is 1.88. The first kappa shape index (κ1) is 11.5. The molecule has 1 aliphatic rings. The van der Waals surface area contributed by atoms with Crippen LogP contribution < -0.4 is 5.32 Å². The summed E-state index contributed by atoms with van der Waals surface area (Å²) in [4.78, 5) is 12.0. The van der Waals surface area contributed by atoms with Gasteiger partial charge in [0.1, 0.15) is 0 Å². The Balaban J connectivity index is 2.11. The standard InChI is InChI=1S/C11H16ClN3O/c1-8-9(6-13-15(8)2)10(16)14-11(7-12)4-3-5-11/h6H,3-5,7H2,1-2H3,(H,14,16). The van der Waals surface area contributed by atoms with Crippen molar-refractivity contribution in [2.24, 2.45) is 7.05 Å². The van der Waals surface area contributed by atoms with Gasteiger partial charge in [0.05, 0.1) is 17.3 Å². The first-order valence-corrected chi connectivity index (χ1v) is 5.98. The average molecular weight is 242 g/mol. The molecular weight excluding hydrogens is 226 g/mol. The Labute approximate surface area is 100.0 Å². The number of halogens is 1. The highest BCUT2D eigenvalue weighted by Crippen LogP contribution is 2.33. The lowest BCUT2D eigenvalue weighted by molar-refractivity contribution is 0.0853. The van der Waals surface area contributed by atoms with E-state index in [-0.39, 0.29) is 11.4 Å². The van der Waals surface area contributed by atoms with Crippen molar-refractivity contribution in [2.75, 3.05) is 5.88 Å². The van der Waals surface area contributed by atoms with Crippen LogP contribution in [0.3, 0.4) is 0 Å². The van der Waals surface area contributed by atoms with Crippen LogP contribution in [-0.4, -0.2) is 27.1 Å². The molecule has 0 aromatic carbocycles. The van der Waals surface area contributed by atoms with Crippen molar-refractivity contribution in [3.8, 4) is 0 Å². The highest BCUT2D eigenvalue weighted by Gasteiger charge is 2.38. The molecule has 1 N–H and O–H groups in total. The first-order valence-electron chi connectivity index (χ1n) is 5.45. The van der Waals surface area contributed by atoms with Crippen LogP contribution >= 0.6 is 11.6 Å². The van der Waals surface area contributed by atoms with Gasteiger partial charge >= 0.3 is 0 Å². The second-order valence-corrected chi connectivity index (χ2v) is 4.76. The summed E-state index contributed by atoms with van der Waals surface area (Å²) in [5, 5.41) is 7.09. The van der Waals surface area contributed by atoms with E-state index in [1.54, 1.807) is 10.9 Å². The minimum atomic E-state index is -0.180. The average Bonchev–Trinajstić information content (AvgIpc) is 2.54. The van der Waals surface area contributed by atoms with Gasteiger partial charge in [-0.05, 0) is 26.2 Å². The van der Waals surface area contributed by atoms with Crippen LogP contribution in [0, 0.1) is 6.92 Å². The van der Waals surface area contributed by atoms with Crippen LogP contribution in [0.4, 0.5) is 0 Å². The topological polar surface area (TPSA) is 46.9 Å². The predicted octanol–water partition coefficient (Wildman–Crippen LogP) is 1.62. The van der Waals surface area contributed by atoms with Crippen molar-refractivity contribution >= 4 is 17.5 Å². The lowest BCUT2D eigenvalue weighted by atomic mass is 9.78. The minimum Gasteiger partial charge on any atom is -0.345 e. The smallest absolute Gasteiger partial charge is 0.255 e. The van der Waals surface area contributed by atoms with Crippen molar-refractivity contribution in [3.05, 3.63) is 17.5 Å². The second kappa shape index (κ2) is 4.09. The number of alkyl halides is 1. The van der Waals surface area contributed by atoms with Gasteiger partial charge in [0.25, 0.3) is 5.91 Å². The molecule has 5 heteroatoms. The van der Waals surface area contributed by atoms with Gasteiger partial charge in [0, 0.05) is 18.6 Å². The largest absolute Gasteiger partial charge is 0.345 e. The number of aromatic nitrogens is 2. The molecule has 1 saturated carbocycles. The molecule has 0 spiro atoms. The molecule has 16 heavy (non-hydrogen) atoms. The predicted molar refractivity (Wildman–Crippen MR) is 62.7 cm³/mol. The molecule has 88 valence electrons. The fourth-order valence-corrected chi connectivity index (χ4v) is 2.26. The van der Waals surface area contributed by atoms with Gasteiger partial charge in [-0.1, -0.05) is 0 Å². The van der Waals surface area contributed by atoms with E-state index < -0.39 is 0 Å². The molecule has 0 saturated heterocycles. The monoisotopic (exact) mass is 241 g/mol. The zero-order valence-corrected chi connectivity index (χ0v) is 10.3. The molecule has 1 fully saturated rings. The maximum absolute atomic E-state index is 12.0. The van der Waals surface area contributed by atoms with E-state index in [9.17, 15) is 4.79 Å². The third-order valence-electron chi connectivity index (χ3n) is 3.43.